The molecular weight excluding hydrogens is 408 g/mol. The molecule has 1 aromatic carbocycles. The number of nitro benzene ring substituents is 1. The van der Waals surface area contributed by atoms with Crippen LogP contribution in [-0.2, 0) is 4.79 Å². The molecule has 8 heteroatoms. The first kappa shape index (κ1) is 19.8. The maximum Gasteiger partial charge on any atom is 0.280 e. The molecule has 4 rings (SSSR count). The monoisotopic (exact) mass is 428 g/mol. The number of para-hydroxylation sites is 1. The van der Waals surface area contributed by atoms with Crippen LogP contribution in [0.1, 0.15) is 37.9 Å². The number of nitro groups is 1. The Labute approximate surface area is 178 Å². The van der Waals surface area contributed by atoms with Gasteiger partial charge in [0.05, 0.1) is 15.4 Å². The van der Waals surface area contributed by atoms with Crippen molar-refractivity contribution in [3.05, 3.63) is 57.2 Å². The molecule has 0 atom stereocenters. The van der Waals surface area contributed by atoms with Gasteiger partial charge >= 0.3 is 0 Å². The quantitative estimate of drug-likeness (QED) is 0.257. The molecule has 2 aromatic rings. The van der Waals surface area contributed by atoms with Crippen molar-refractivity contribution in [3.63, 3.8) is 0 Å². The predicted octanol–water partition coefficient (Wildman–Crippen LogP) is 5.64. The summed E-state index contributed by atoms with van der Waals surface area (Å²) >= 11 is 6.67. The second-order valence-corrected chi connectivity index (χ2v) is 8.92. The number of hydrogen-bond donors (Lipinski definition) is 0. The van der Waals surface area contributed by atoms with Crippen LogP contribution < -0.4 is 0 Å². The van der Waals surface area contributed by atoms with E-state index in [0.29, 0.717) is 38.8 Å². The lowest BCUT2D eigenvalue weighted by atomic mass is 10.0. The molecule has 1 aromatic heterocycles. The number of rotatable bonds is 6. The Hall–Kier alpha value is -2.45. The Morgan fingerprint density at radius 2 is 2.00 bits per heavy atom. The fourth-order valence-electron chi connectivity index (χ4n) is 3.85. The molecule has 0 radical (unpaired) electrons. The number of amides is 1. The van der Waals surface area contributed by atoms with Crippen molar-refractivity contribution < 1.29 is 14.1 Å². The SMILES string of the molecule is O=C1/C(=C/c2ccc(-c3ccccc3[N+](=O)[O-])o2)SC(=S)N1CCC1CCCC1. The third kappa shape index (κ3) is 4.28. The van der Waals surface area contributed by atoms with Crippen LogP contribution in [0.2, 0.25) is 0 Å². The smallest absolute Gasteiger partial charge is 0.280 e. The van der Waals surface area contributed by atoms with E-state index in [9.17, 15) is 14.9 Å². The summed E-state index contributed by atoms with van der Waals surface area (Å²) in [5.41, 5.74) is 0.382. The summed E-state index contributed by atoms with van der Waals surface area (Å²) in [6, 6.07) is 9.80. The van der Waals surface area contributed by atoms with Crippen LogP contribution in [0, 0.1) is 16.0 Å². The zero-order valence-electron chi connectivity index (χ0n) is 15.7. The average molecular weight is 429 g/mol. The minimum Gasteiger partial charge on any atom is -0.456 e. The molecule has 1 saturated heterocycles. The summed E-state index contributed by atoms with van der Waals surface area (Å²) in [4.78, 5) is 25.8. The lowest BCUT2D eigenvalue weighted by Gasteiger charge is -2.17. The fraction of sp³-hybridized carbons (Fsp3) is 0.333. The van der Waals surface area contributed by atoms with Crippen molar-refractivity contribution in [2.24, 2.45) is 5.92 Å². The molecule has 1 amide bonds. The van der Waals surface area contributed by atoms with Gasteiger partial charge in [0.25, 0.3) is 11.6 Å². The normalized spacial score (nSPS) is 18.9. The van der Waals surface area contributed by atoms with Gasteiger partial charge < -0.3 is 4.42 Å². The van der Waals surface area contributed by atoms with E-state index < -0.39 is 4.92 Å². The Morgan fingerprint density at radius 3 is 2.76 bits per heavy atom. The minimum atomic E-state index is -0.438. The summed E-state index contributed by atoms with van der Waals surface area (Å²) < 4.78 is 6.35. The van der Waals surface area contributed by atoms with Crippen molar-refractivity contribution in [3.8, 4) is 11.3 Å². The first-order valence-corrected chi connectivity index (χ1v) is 10.8. The molecule has 2 heterocycles. The maximum atomic E-state index is 12.8. The number of carbonyl (C=O) groups is 1. The van der Waals surface area contributed by atoms with Crippen LogP contribution >= 0.6 is 24.0 Å². The molecule has 1 saturated carbocycles. The van der Waals surface area contributed by atoms with Gasteiger partial charge in [-0.25, -0.2) is 0 Å². The highest BCUT2D eigenvalue weighted by atomic mass is 32.2. The molecule has 150 valence electrons. The molecule has 1 aliphatic heterocycles. The summed E-state index contributed by atoms with van der Waals surface area (Å²) in [5, 5.41) is 11.2. The maximum absolute atomic E-state index is 12.8. The number of benzene rings is 1. The highest BCUT2D eigenvalue weighted by molar-refractivity contribution is 8.26. The zero-order chi connectivity index (χ0) is 20.4. The van der Waals surface area contributed by atoms with Gasteiger partial charge in [0.1, 0.15) is 15.8 Å². The van der Waals surface area contributed by atoms with Crippen molar-refractivity contribution in [1.82, 2.24) is 4.90 Å². The number of carbonyl (C=O) groups excluding carboxylic acids is 1. The van der Waals surface area contributed by atoms with Crippen molar-refractivity contribution in [2.75, 3.05) is 6.54 Å². The largest absolute Gasteiger partial charge is 0.456 e. The number of hydrogen-bond acceptors (Lipinski definition) is 6. The number of furan rings is 1. The van der Waals surface area contributed by atoms with Crippen molar-refractivity contribution in [1.29, 1.82) is 0 Å². The molecule has 0 bridgehead atoms. The third-order valence-electron chi connectivity index (χ3n) is 5.38. The summed E-state index contributed by atoms with van der Waals surface area (Å²) in [6.07, 6.45) is 7.69. The van der Waals surface area contributed by atoms with Crippen LogP contribution in [0.3, 0.4) is 0 Å². The standard InChI is InChI=1S/C21H20N2O4S2/c24-20-19(29-21(28)22(20)12-11-14-5-1-2-6-14)13-15-9-10-18(27-15)16-7-3-4-8-17(16)23(25)26/h3-4,7-10,13-14H,1-2,5-6,11-12H2/b19-13-. The van der Waals surface area contributed by atoms with Crippen LogP contribution in [0.25, 0.3) is 17.4 Å². The van der Waals surface area contributed by atoms with Gasteiger partial charge in [-0.05, 0) is 30.5 Å². The van der Waals surface area contributed by atoms with E-state index >= 15 is 0 Å². The Morgan fingerprint density at radius 1 is 1.24 bits per heavy atom. The molecule has 6 nitrogen and oxygen atoms in total. The van der Waals surface area contributed by atoms with E-state index in [4.69, 9.17) is 16.6 Å². The van der Waals surface area contributed by atoms with Crippen molar-refractivity contribution >= 4 is 46.0 Å². The van der Waals surface area contributed by atoms with E-state index in [1.807, 2.05) is 0 Å². The second-order valence-electron chi connectivity index (χ2n) is 7.25. The van der Waals surface area contributed by atoms with Gasteiger partial charge in [0.15, 0.2) is 0 Å². The second kappa shape index (κ2) is 8.51. The lowest BCUT2D eigenvalue weighted by Crippen LogP contribution is -2.30. The summed E-state index contributed by atoms with van der Waals surface area (Å²) in [6.45, 7) is 0.659. The van der Waals surface area contributed by atoms with Gasteiger partial charge in [-0.2, -0.15) is 0 Å². The van der Waals surface area contributed by atoms with E-state index in [1.165, 1.54) is 43.5 Å². The topological polar surface area (TPSA) is 76.6 Å². The molecular formula is C21H20N2O4S2. The molecule has 0 unspecified atom stereocenters. The number of thiocarbonyl (C=S) groups is 1. The summed E-state index contributed by atoms with van der Waals surface area (Å²) in [7, 11) is 0. The number of nitrogens with zero attached hydrogens (tertiary/aromatic N) is 2. The molecule has 29 heavy (non-hydrogen) atoms. The Kier molecular flexibility index (Phi) is 5.82. The molecule has 0 spiro atoms. The first-order chi connectivity index (χ1) is 14.0. The van der Waals surface area contributed by atoms with Gasteiger partial charge in [-0.15, -0.1) is 0 Å². The summed E-state index contributed by atoms with van der Waals surface area (Å²) in [5.74, 6) is 1.45. The highest BCUT2D eigenvalue weighted by Crippen LogP contribution is 2.36. The van der Waals surface area contributed by atoms with Crippen LogP contribution in [-0.4, -0.2) is 26.6 Å². The van der Waals surface area contributed by atoms with Gasteiger partial charge in [-0.3, -0.25) is 19.8 Å². The van der Waals surface area contributed by atoms with Crippen LogP contribution in [0.15, 0.2) is 45.7 Å². The minimum absolute atomic E-state index is 0.0216. The zero-order valence-corrected chi connectivity index (χ0v) is 17.3. The molecule has 1 aliphatic carbocycles. The third-order valence-corrected chi connectivity index (χ3v) is 6.75. The lowest BCUT2D eigenvalue weighted by molar-refractivity contribution is -0.384. The average Bonchev–Trinajstić information content (AvgIpc) is 3.43. The van der Waals surface area contributed by atoms with E-state index in [-0.39, 0.29) is 11.6 Å². The van der Waals surface area contributed by atoms with Gasteiger partial charge in [-0.1, -0.05) is 61.8 Å². The van der Waals surface area contributed by atoms with Gasteiger partial charge in [0, 0.05) is 18.7 Å². The molecule has 2 aliphatic rings. The van der Waals surface area contributed by atoms with Crippen LogP contribution in [0.5, 0.6) is 0 Å². The van der Waals surface area contributed by atoms with E-state index in [2.05, 4.69) is 0 Å². The molecule has 2 fully saturated rings. The molecule has 0 N–H and O–H groups in total. The van der Waals surface area contributed by atoms with Crippen LogP contribution in [0.4, 0.5) is 5.69 Å². The van der Waals surface area contributed by atoms with E-state index in [1.54, 1.807) is 41.3 Å². The first-order valence-electron chi connectivity index (χ1n) is 9.62. The highest BCUT2D eigenvalue weighted by Gasteiger charge is 2.32. The predicted molar refractivity (Wildman–Crippen MR) is 117 cm³/mol. The van der Waals surface area contributed by atoms with Gasteiger partial charge in [0.2, 0.25) is 0 Å². The fourth-order valence-corrected chi connectivity index (χ4v) is 5.14. The van der Waals surface area contributed by atoms with Crippen molar-refractivity contribution in [2.45, 2.75) is 32.1 Å². The Balaban J connectivity index is 1.50. The number of thioether (sulfide) groups is 1. The van der Waals surface area contributed by atoms with E-state index in [0.717, 1.165) is 6.42 Å². The Bertz CT molecular complexity index is 992.